The van der Waals surface area contributed by atoms with Gasteiger partial charge in [-0.05, 0) is 36.4 Å². The number of esters is 1. The minimum absolute atomic E-state index is 0.0401. The lowest BCUT2D eigenvalue weighted by Crippen LogP contribution is -2.46. The summed E-state index contributed by atoms with van der Waals surface area (Å²) in [6, 6.07) is 10.1. The van der Waals surface area contributed by atoms with Gasteiger partial charge in [0.1, 0.15) is 17.1 Å². The van der Waals surface area contributed by atoms with Gasteiger partial charge >= 0.3 is 5.97 Å². The SMILES string of the molecule is COC(=O)c1c[nH]c2cc(CN3CCN(c4ccc(F)cc4)CC3)c(OC)cc2c1=O. The normalized spacial score (nSPS) is 14.6. The van der Waals surface area contributed by atoms with Crippen LogP contribution in [0.25, 0.3) is 10.9 Å². The number of aromatic amines is 1. The summed E-state index contributed by atoms with van der Waals surface area (Å²) in [6.45, 7) is 4.02. The summed E-state index contributed by atoms with van der Waals surface area (Å²) >= 11 is 0. The predicted octanol–water partition coefficient (Wildman–Crippen LogP) is 2.78. The van der Waals surface area contributed by atoms with E-state index in [1.54, 1.807) is 25.3 Å². The number of fused-ring (bicyclic) bond motifs is 1. The number of benzene rings is 2. The number of hydrogen-bond acceptors (Lipinski definition) is 6. The molecule has 0 atom stereocenters. The first-order chi connectivity index (χ1) is 15.0. The zero-order valence-corrected chi connectivity index (χ0v) is 17.5. The van der Waals surface area contributed by atoms with Crippen LogP contribution in [0.5, 0.6) is 5.75 Å². The van der Waals surface area contributed by atoms with Crippen molar-refractivity contribution in [2.24, 2.45) is 0 Å². The molecule has 1 aromatic heterocycles. The average Bonchev–Trinajstić information content (AvgIpc) is 2.79. The number of piperazine rings is 1. The molecule has 0 amide bonds. The maximum atomic E-state index is 13.2. The van der Waals surface area contributed by atoms with Gasteiger partial charge in [-0.15, -0.1) is 0 Å². The van der Waals surface area contributed by atoms with Crippen LogP contribution in [0.3, 0.4) is 0 Å². The van der Waals surface area contributed by atoms with Gasteiger partial charge in [0.25, 0.3) is 0 Å². The molecule has 1 fully saturated rings. The number of carbonyl (C=O) groups excluding carboxylic acids is 1. The number of aromatic nitrogens is 1. The molecule has 1 aliphatic rings. The number of H-pyrrole nitrogens is 1. The minimum Gasteiger partial charge on any atom is -0.496 e. The highest BCUT2D eigenvalue weighted by molar-refractivity contribution is 5.94. The maximum absolute atomic E-state index is 13.2. The van der Waals surface area contributed by atoms with E-state index in [-0.39, 0.29) is 11.4 Å². The van der Waals surface area contributed by atoms with Crippen LogP contribution in [-0.2, 0) is 11.3 Å². The smallest absolute Gasteiger partial charge is 0.343 e. The summed E-state index contributed by atoms with van der Waals surface area (Å²) < 4.78 is 23.4. The zero-order chi connectivity index (χ0) is 22.0. The second kappa shape index (κ2) is 8.77. The Labute approximate surface area is 179 Å². The molecule has 7 nitrogen and oxygen atoms in total. The summed E-state index contributed by atoms with van der Waals surface area (Å²) in [5.41, 5.74) is 2.17. The maximum Gasteiger partial charge on any atom is 0.343 e. The molecule has 2 heterocycles. The molecule has 2 aromatic carbocycles. The Morgan fingerprint density at radius 2 is 1.81 bits per heavy atom. The van der Waals surface area contributed by atoms with E-state index in [0.29, 0.717) is 23.2 Å². The lowest BCUT2D eigenvalue weighted by Gasteiger charge is -2.36. The van der Waals surface area contributed by atoms with Crippen molar-refractivity contribution in [3.8, 4) is 5.75 Å². The Hall–Kier alpha value is -3.39. The molecule has 0 saturated carbocycles. The number of anilines is 1. The third-order valence-electron chi connectivity index (χ3n) is 5.65. The topological polar surface area (TPSA) is 74.9 Å². The van der Waals surface area contributed by atoms with E-state index in [0.717, 1.165) is 37.4 Å². The third kappa shape index (κ3) is 4.25. The molecular weight excluding hydrogens is 401 g/mol. The van der Waals surface area contributed by atoms with Crippen LogP contribution in [0.15, 0.2) is 47.4 Å². The number of halogens is 1. The third-order valence-corrected chi connectivity index (χ3v) is 5.65. The summed E-state index contributed by atoms with van der Waals surface area (Å²) in [5.74, 6) is -0.311. The van der Waals surface area contributed by atoms with Crippen molar-refractivity contribution in [1.29, 1.82) is 0 Å². The van der Waals surface area contributed by atoms with Crippen molar-refractivity contribution in [2.75, 3.05) is 45.3 Å². The van der Waals surface area contributed by atoms with Gasteiger partial charge in [0.15, 0.2) is 0 Å². The zero-order valence-electron chi connectivity index (χ0n) is 17.5. The Balaban J connectivity index is 1.52. The van der Waals surface area contributed by atoms with Gasteiger partial charge in [0, 0.05) is 55.7 Å². The van der Waals surface area contributed by atoms with E-state index in [4.69, 9.17) is 4.74 Å². The Bertz CT molecular complexity index is 1150. The minimum atomic E-state index is -0.676. The Morgan fingerprint density at radius 1 is 1.10 bits per heavy atom. The van der Waals surface area contributed by atoms with Crippen molar-refractivity contribution >= 4 is 22.6 Å². The Morgan fingerprint density at radius 3 is 2.45 bits per heavy atom. The van der Waals surface area contributed by atoms with E-state index < -0.39 is 11.4 Å². The fourth-order valence-electron chi connectivity index (χ4n) is 3.92. The summed E-state index contributed by atoms with van der Waals surface area (Å²) in [4.78, 5) is 32.0. The quantitative estimate of drug-likeness (QED) is 0.634. The van der Waals surface area contributed by atoms with Gasteiger partial charge in [-0.3, -0.25) is 9.69 Å². The highest BCUT2D eigenvalue weighted by Crippen LogP contribution is 2.26. The molecule has 0 spiro atoms. The van der Waals surface area contributed by atoms with Gasteiger partial charge in [0.05, 0.1) is 19.6 Å². The van der Waals surface area contributed by atoms with Crippen LogP contribution in [0.2, 0.25) is 0 Å². The highest BCUT2D eigenvalue weighted by Gasteiger charge is 2.20. The van der Waals surface area contributed by atoms with E-state index in [1.807, 2.05) is 6.07 Å². The van der Waals surface area contributed by atoms with Crippen molar-refractivity contribution in [3.63, 3.8) is 0 Å². The molecule has 8 heteroatoms. The number of pyridine rings is 1. The van der Waals surface area contributed by atoms with Crippen molar-refractivity contribution < 1.29 is 18.7 Å². The number of rotatable bonds is 5. The van der Waals surface area contributed by atoms with Crippen molar-refractivity contribution in [1.82, 2.24) is 9.88 Å². The summed E-state index contributed by atoms with van der Waals surface area (Å²) in [5, 5.41) is 0.379. The van der Waals surface area contributed by atoms with E-state index >= 15 is 0 Å². The summed E-state index contributed by atoms with van der Waals surface area (Å²) in [7, 11) is 2.81. The monoisotopic (exact) mass is 425 g/mol. The molecular formula is C23H24FN3O4. The van der Waals surface area contributed by atoms with E-state index in [2.05, 4.69) is 19.5 Å². The molecule has 0 radical (unpaired) electrons. The number of ether oxygens (including phenoxy) is 2. The molecule has 0 bridgehead atoms. The molecule has 0 unspecified atom stereocenters. The molecule has 1 saturated heterocycles. The number of hydrogen-bond donors (Lipinski definition) is 1. The summed E-state index contributed by atoms with van der Waals surface area (Å²) in [6.07, 6.45) is 1.38. The largest absolute Gasteiger partial charge is 0.496 e. The van der Waals surface area contributed by atoms with Gasteiger partial charge in [-0.1, -0.05) is 0 Å². The Kier molecular flexibility index (Phi) is 5.90. The van der Waals surface area contributed by atoms with Gasteiger partial charge in [-0.2, -0.15) is 0 Å². The average molecular weight is 425 g/mol. The lowest BCUT2D eigenvalue weighted by atomic mass is 10.1. The highest BCUT2D eigenvalue weighted by atomic mass is 19.1. The second-order valence-corrected chi connectivity index (χ2v) is 7.47. The standard InChI is InChI=1S/C23H24FN3O4/c1-30-21-12-18-20(25-13-19(22(18)28)23(29)31-2)11-15(21)14-26-7-9-27(10-8-26)17-5-3-16(24)4-6-17/h3-6,11-13H,7-10,14H2,1-2H3,(H,25,28). The van der Waals surface area contributed by atoms with Crippen LogP contribution < -0.4 is 15.1 Å². The fourth-order valence-corrected chi connectivity index (χ4v) is 3.92. The van der Waals surface area contributed by atoms with Crippen LogP contribution in [-0.4, -0.2) is 56.3 Å². The lowest BCUT2D eigenvalue weighted by molar-refractivity contribution is 0.0599. The molecule has 1 aliphatic heterocycles. The number of methoxy groups -OCH3 is 2. The fraction of sp³-hybridized carbons (Fsp3) is 0.304. The van der Waals surface area contributed by atoms with Crippen LogP contribution in [0.1, 0.15) is 15.9 Å². The van der Waals surface area contributed by atoms with E-state index in [9.17, 15) is 14.0 Å². The first-order valence-corrected chi connectivity index (χ1v) is 10.0. The van der Waals surface area contributed by atoms with Crippen LogP contribution in [0, 0.1) is 5.82 Å². The van der Waals surface area contributed by atoms with Gasteiger partial charge in [-0.25, -0.2) is 9.18 Å². The predicted molar refractivity (Wildman–Crippen MR) is 116 cm³/mol. The van der Waals surface area contributed by atoms with Crippen molar-refractivity contribution in [2.45, 2.75) is 6.54 Å². The van der Waals surface area contributed by atoms with Gasteiger partial charge in [0.2, 0.25) is 5.43 Å². The number of carbonyl (C=O) groups is 1. The second-order valence-electron chi connectivity index (χ2n) is 7.47. The molecule has 3 aromatic rings. The molecule has 31 heavy (non-hydrogen) atoms. The number of nitrogens with zero attached hydrogens (tertiary/aromatic N) is 2. The van der Waals surface area contributed by atoms with Crippen LogP contribution >= 0.6 is 0 Å². The molecule has 1 N–H and O–H groups in total. The molecule has 4 rings (SSSR count). The van der Waals surface area contributed by atoms with Crippen molar-refractivity contribution in [3.05, 3.63) is 69.8 Å². The number of nitrogens with one attached hydrogen (secondary N) is 1. The first kappa shape index (κ1) is 20.9. The molecule has 0 aliphatic carbocycles. The molecule has 162 valence electrons. The van der Waals surface area contributed by atoms with E-state index in [1.165, 1.54) is 25.4 Å². The van der Waals surface area contributed by atoms with Crippen LogP contribution in [0.4, 0.5) is 10.1 Å². The first-order valence-electron chi connectivity index (χ1n) is 10.0. The van der Waals surface area contributed by atoms with Gasteiger partial charge < -0.3 is 19.4 Å².